The zero-order valence-corrected chi connectivity index (χ0v) is 29.6. The van der Waals surface area contributed by atoms with Gasteiger partial charge in [-0.05, 0) is 88.2 Å². The Bertz CT molecular complexity index is 2350. The Kier molecular flexibility index (Phi) is 7.47. The molecule has 0 radical (unpaired) electrons. The SMILES string of the molecule is O=C1C(c2ccccc2)=CC(=O)C2(c3ccccc3)C1CC1C(=CCC3C(=O)N(c4ccc(I)cc4)C(=O)C31)C2c1ccc2ccccc2c1O. The summed E-state index contributed by atoms with van der Waals surface area (Å²) in [6.07, 6.45) is 4.06. The van der Waals surface area contributed by atoms with E-state index in [0.29, 0.717) is 39.8 Å². The van der Waals surface area contributed by atoms with Crippen LogP contribution in [0, 0.1) is 27.2 Å². The molecule has 1 aliphatic heterocycles. The lowest BCUT2D eigenvalue weighted by molar-refractivity contribution is -0.135. The number of hydrogen-bond donors (Lipinski definition) is 1. The lowest BCUT2D eigenvalue weighted by Crippen LogP contribution is -2.58. The van der Waals surface area contributed by atoms with Crippen LogP contribution in [0.2, 0.25) is 0 Å². The number of allylic oxidation sites excluding steroid dienone is 4. The average molecular weight is 782 g/mol. The summed E-state index contributed by atoms with van der Waals surface area (Å²) in [5.74, 6) is -4.38. The number of carbonyl (C=O) groups is 4. The van der Waals surface area contributed by atoms with Crippen LogP contribution in [0.3, 0.4) is 0 Å². The Morgan fingerprint density at radius 1 is 0.725 bits per heavy atom. The van der Waals surface area contributed by atoms with Crippen molar-refractivity contribution >= 4 is 68.0 Å². The van der Waals surface area contributed by atoms with Gasteiger partial charge in [-0.3, -0.25) is 24.1 Å². The van der Waals surface area contributed by atoms with Crippen molar-refractivity contribution in [2.45, 2.75) is 24.2 Å². The molecule has 2 amide bonds. The third-order valence-corrected chi connectivity index (χ3v) is 12.4. The topological polar surface area (TPSA) is 91.8 Å². The summed E-state index contributed by atoms with van der Waals surface area (Å²) in [6, 6.07) is 37.4. The number of aromatic hydroxyl groups is 1. The van der Waals surface area contributed by atoms with Crippen LogP contribution in [0.4, 0.5) is 5.69 Å². The van der Waals surface area contributed by atoms with Crippen LogP contribution < -0.4 is 4.90 Å². The molecule has 4 aliphatic rings. The van der Waals surface area contributed by atoms with Crippen LogP contribution >= 0.6 is 22.6 Å². The molecule has 250 valence electrons. The maximum absolute atomic E-state index is 15.3. The minimum absolute atomic E-state index is 0.0447. The van der Waals surface area contributed by atoms with Crippen molar-refractivity contribution in [2.24, 2.45) is 23.7 Å². The van der Waals surface area contributed by atoms with Gasteiger partial charge in [-0.25, -0.2) is 0 Å². The largest absolute Gasteiger partial charge is 0.507 e. The van der Waals surface area contributed by atoms with Gasteiger partial charge in [0.2, 0.25) is 11.8 Å². The summed E-state index contributed by atoms with van der Waals surface area (Å²) >= 11 is 2.19. The Balaban J connectivity index is 1.30. The molecule has 3 aliphatic carbocycles. The molecule has 1 N–H and O–H groups in total. The summed E-state index contributed by atoms with van der Waals surface area (Å²) in [5.41, 5.74) is 2.15. The van der Waals surface area contributed by atoms with E-state index in [1.807, 2.05) is 115 Å². The van der Waals surface area contributed by atoms with Crippen LogP contribution in [0.25, 0.3) is 16.3 Å². The average Bonchev–Trinajstić information content (AvgIpc) is 3.42. The van der Waals surface area contributed by atoms with Gasteiger partial charge in [-0.2, -0.15) is 0 Å². The van der Waals surface area contributed by atoms with Gasteiger partial charge >= 0.3 is 0 Å². The van der Waals surface area contributed by atoms with Gasteiger partial charge < -0.3 is 5.11 Å². The van der Waals surface area contributed by atoms with E-state index >= 15 is 9.59 Å². The fraction of sp³-hybridized carbons (Fsp3) is 0.182. The van der Waals surface area contributed by atoms with E-state index in [1.165, 1.54) is 11.0 Å². The Morgan fingerprint density at radius 3 is 2.16 bits per heavy atom. The first-order valence-corrected chi connectivity index (χ1v) is 18.3. The zero-order valence-electron chi connectivity index (χ0n) is 27.4. The summed E-state index contributed by atoms with van der Waals surface area (Å²) in [6.45, 7) is 0. The number of fused-ring (bicyclic) bond motifs is 5. The van der Waals surface area contributed by atoms with Crippen molar-refractivity contribution in [1.82, 2.24) is 0 Å². The molecule has 1 saturated heterocycles. The van der Waals surface area contributed by atoms with E-state index in [0.717, 1.165) is 14.5 Å². The molecule has 9 rings (SSSR count). The number of rotatable bonds is 4. The predicted octanol–water partition coefficient (Wildman–Crippen LogP) is 8.18. The first kappa shape index (κ1) is 31.8. The van der Waals surface area contributed by atoms with E-state index < -0.39 is 35.0 Å². The lowest BCUT2D eigenvalue weighted by Gasteiger charge is -2.55. The molecule has 5 aromatic rings. The van der Waals surface area contributed by atoms with Crippen molar-refractivity contribution in [1.29, 1.82) is 0 Å². The smallest absolute Gasteiger partial charge is 0.238 e. The van der Waals surface area contributed by atoms with Crippen LogP contribution in [0.15, 0.2) is 139 Å². The molecule has 6 nitrogen and oxygen atoms in total. The molecule has 2 fully saturated rings. The molecule has 6 atom stereocenters. The van der Waals surface area contributed by atoms with Crippen molar-refractivity contribution in [3.05, 3.63) is 159 Å². The third-order valence-electron chi connectivity index (χ3n) is 11.7. The molecular formula is C44H32INO5. The van der Waals surface area contributed by atoms with Gasteiger partial charge in [-0.1, -0.05) is 109 Å². The van der Waals surface area contributed by atoms with E-state index in [4.69, 9.17) is 0 Å². The van der Waals surface area contributed by atoms with Gasteiger partial charge in [0.15, 0.2) is 11.6 Å². The maximum atomic E-state index is 15.3. The summed E-state index contributed by atoms with van der Waals surface area (Å²) < 4.78 is 0.988. The Hall–Kier alpha value is -5.15. The maximum Gasteiger partial charge on any atom is 0.238 e. The molecule has 5 aromatic carbocycles. The van der Waals surface area contributed by atoms with E-state index in [-0.39, 0.29) is 35.6 Å². The standard InChI is InChI=1S/C44H32INO5/c45-28-16-18-29(19-17-28)46-42(50)32-22-21-31-35(38(32)43(46)51)23-36-41(49)34(25-9-3-1-4-10-25)24-37(47)44(36,27-12-5-2-6-13-27)39(31)33-20-15-26-11-7-8-14-30(26)40(33)48/h1-21,24,32,35-36,38-39,48H,22-23H2. The molecule has 1 saturated carbocycles. The van der Waals surface area contributed by atoms with Gasteiger partial charge in [-0.15, -0.1) is 0 Å². The fourth-order valence-electron chi connectivity index (χ4n) is 9.57. The minimum Gasteiger partial charge on any atom is -0.507 e. The fourth-order valence-corrected chi connectivity index (χ4v) is 9.93. The molecule has 7 heteroatoms. The number of Topliss-reactive ketones (excluding diaryl/α,β-unsaturated/α-hetero) is 1. The molecule has 51 heavy (non-hydrogen) atoms. The Labute approximate surface area is 308 Å². The van der Waals surface area contributed by atoms with E-state index in [1.54, 1.807) is 12.1 Å². The number of nitrogens with zero attached hydrogens (tertiary/aromatic N) is 1. The number of amides is 2. The highest BCUT2D eigenvalue weighted by Gasteiger charge is 2.66. The van der Waals surface area contributed by atoms with Gasteiger partial charge in [0.25, 0.3) is 0 Å². The van der Waals surface area contributed by atoms with Crippen molar-refractivity contribution in [2.75, 3.05) is 4.90 Å². The monoisotopic (exact) mass is 781 g/mol. The number of imide groups is 1. The highest BCUT2D eigenvalue weighted by molar-refractivity contribution is 14.1. The summed E-state index contributed by atoms with van der Waals surface area (Å²) in [4.78, 5) is 60.4. The summed E-state index contributed by atoms with van der Waals surface area (Å²) in [5, 5.41) is 13.6. The number of ketones is 2. The number of anilines is 1. The van der Waals surface area contributed by atoms with Crippen LogP contribution in [0.5, 0.6) is 5.75 Å². The number of carbonyl (C=O) groups excluding carboxylic acids is 4. The van der Waals surface area contributed by atoms with Crippen molar-refractivity contribution in [3.8, 4) is 5.75 Å². The zero-order chi connectivity index (χ0) is 35.0. The van der Waals surface area contributed by atoms with Crippen LogP contribution in [-0.2, 0) is 24.6 Å². The first-order valence-electron chi connectivity index (χ1n) is 17.3. The number of phenolic OH excluding ortho intramolecular Hbond substituents is 1. The minimum atomic E-state index is -1.41. The number of hydrogen-bond acceptors (Lipinski definition) is 5. The van der Waals surface area contributed by atoms with Gasteiger partial charge in [0.05, 0.1) is 22.9 Å². The van der Waals surface area contributed by atoms with Crippen LogP contribution in [0.1, 0.15) is 35.4 Å². The number of phenols is 1. The molecule has 0 spiro atoms. The van der Waals surface area contributed by atoms with Crippen molar-refractivity contribution < 1.29 is 24.3 Å². The highest BCUT2D eigenvalue weighted by Crippen LogP contribution is 2.64. The lowest BCUT2D eigenvalue weighted by atomic mass is 9.44. The Morgan fingerprint density at radius 2 is 1.41 bits per heavy atom. The molecule has 6 unspecified atom stereocenters. The third kappa shape index (κ3) is 4.60. The molecule has 1 heterocycles. The van der Waals surface area contributed by atoms with E-state index in [2.05, 4.69) is 22.6 Å². The molecular weight excluding hydrogens is 749 g/mol. The van der Waals surface area contributed by atoms with Gasteiger partial charge in [0.1, 0.15) is 5.75 Å². The first-order chi connectivity index (χ1) is 24.8. The highest BCUT2D eigenvalue weighted by atomic mass is 127. The number of halogens is 1. The number of benzene rings is 5. The second-order valence-corrected chi connectivity index (χ2v) is 15.2. The predicted molar refractivity (Wildman–Crippen MR) is 204 cm³/mol. The quantitative estimate of drug-likeness (QED) is 0.113. The van der Waals surface area contributed by atoms with E-state index in [9.17, 15) is 14.7 Å². The normalized spacial score (nSPS) is 27.1. The molecule has 0 bridgehead atoms. The second-order valence-electron chi connectivity index (χ2n) is 14.0. The van der Waals surface area contributed by atoms with Crippen LogP contribution in [-0.4, -0.2) is 28.5 Å². The van der Waals surface area contributed by atoms with Gasteiger partial charge in [0, 0.05) is 31.9 Å². The summed E-state index contributed by atoms with van der Waals surface area (Å²) in [7, 11) is 0. The van der Waals surface area contributed by atoms with Crippen molar-refractivity contribution in [3.63, 3.8) is 0 Å². The second kappa shape index (κ2) is 12.0. The molecule has 0 aromatic heterocycles.